The lowest BCUT2D eigenvalue weighted by atomic mass is 9.96. The van der Waals surface area contributed by atoms with E-state index in [9.17, 15) is 14.7 Å². The summed E-state index contributed by atoms with van der Waals surface area (Å²) in [5.41, 5.74) is 1.13. The van der Waals surface area contributed by atoms with Gasteiger partial charge < -0.3 is 5.11 Å². The molecular weight excluding hydrogens is 364 g/mol. The van der Waals surface area contributed by atoms with Crippen molar-refractivity contribution in [2.24, 2.45) is 0 Å². The van der Waals surface area contributed by atoms with Crippen molar-refractivity contribution in [3.05, 3.63) is 76.6 Å². The Morgan fingerprint density at radius 1 is 1.07 bits per heavy atom. The van der Waals surface area contributed by atoms with Gasteiger partial charge in [0, 0.05) is 18.0 Å². The van der Waals surface area contributed by atoms with Gasteiger partial charge in [0.2, 0.25) is 5.13 Å². The highest BCUT2D eigenvalue weighted by molar-refractivity contribution is 7.15. The third-order valence-electron chi connectivity index (χ3n) is 4.23. The number of aliphatic hydroxyl groups excluding tert-OH is 1. The molecule has 27 heavy (non-hydrogen) atoms. The Morgan fingerprint density at radius 3 is 2.41 bits per heavy atom. The van der Waals surface area contributed by atoms with Gasteiger partial charge in [-0.05, 0) is 24.6 Å². The Morgan fingerprint density at radius 2 is 1.78 bits per heavy atom. The van der Waals surface area contributed by atoms with Crippen molar-refractivity contribution in [3.63, 3.8) is 0 Å². The molecule has 1 aliphatic rings. The lowest BCUT2D eigenvalue weighted by Crippen LogP contribution is -2.29. The van der Waals surface area contributed by atoms with Crippen LogP contribution >= 0.6 is 11.3 Å². The fraction of sp³-hybridized carbons (Fsp3) is 0.105. The summed E-state index contributed by atoms with van der Waals surface area (Å²) in [5, 5.41) is 19.8. The Hall–Kier alpha value is -3.39. The van der Waals surface area contributed by atoms with Crippen molar-refractivity contribution >= 4 is 33.9 Å². The zero-order valence-corrected chi connectivity index (χ0v) is 15.1. The molecule has 1 saturated heterocycles. The molecule has 0 spiro atoms. The number of rotatable bonds is 3. The monoisotopic (exact) mass is 378 g/mol. The minimum absolute atomic E-state index is 0.0188. The molecule has 1 amide bonds. The average molecular weight is 378 g/mol. The highest BCUT2D eigenvalue weighted by Crippen LogP contribution is 2.42. The number of anilines is 1. The summed E-state index contributed by atoms with van der Waals surface area (Å²) >= 11 is 1.22. The van der Waals surface area contributed by atoms with Crippen molar-refractivity contribution in [3.8, 4) is 0 Å². The van der Waals surface area contributed by atoms with Gasteiger partial charge in [-0.2, -0.15) is 0 Å². The van der Waals surface area contributed by atoms with Crippen LogP contribution in [0.4, 0.5) is 5.13 Å². The number of aromatic nitrogens is 3. The maximum absolute atomic E-state index is 12.8. The van der Waals surface area contributed by atoms with Crippen LogP contribution in [0.15, 0.2) is 60.4 Å². The van der Waals surface area contributed by atoms with Crippen LogP contribution in [0.1, 0.15) is 22.2 Å². The molecule has 2 aromatic heterocycles. The summed E-state index contributed by atoms with van der Waals surface area (Å²) in [6, 6.07) is 11.5. The second-order valence-corrected chi connectivity index (χ2v) is 7.08. The Balaban J connectivity index is 1.94. The van der Waals surface area contributed by atoms with Crippen molar-refractivity contribution in [1.82, 2.24) is 15.2 Å². The first kappa shape index (κ1) is 17.0. The number of aryl methyl sites for hydroxylation is 1. The first-order valence-electron chi connectivity index (χ1n) is 8.14. The van der Waals surface area contributed by atoms with E-state index in [1.54, 1.807) is 31.2 Å². The van der Waals surface area contributed by atoms with Crippen LogP contribution in [0.3, 0.4) is 0 Å². The molecule has 1 fully saturated rings. The highest BCUT2D eigenvalue weighted by atomic mass is 32.1. The molecule has 1 aliphatic heterocycles. The predicted molar refractivity (Wildman–Crippen MR) is 100 cm³/mol. The summed E-state index contributed by atoms with van der Waals surface area (Å²) < 4.78 is 0. The Kier molecular flexibility index (Phi) is 4.25. The summed E-state index contributed by atoms with van der Waals surface area (Å²) in [4.78, 5) is 30.8. The molecule has 1 N–H and O–H groups in total. The molecule has 1 atom stereocenters. The Labute approximate surface area is 158 Å². The van der Waals surface area contributed by atoms with Gasteiger partial charge in [0.15, 0.2) is 0 Å². The molecule has 1 unspecified atom stereocenters. The van der Waals surface area contributed by atoms with Crippen molar-refractivity contribution in [1.29, 1.82) is 0 Å². The zero-order chi connectivity index (χ0) is 19.0. The standard InChI is InChI=1S/C19H14N4O3S/c1-11-21-22-19(27-11)23-15(12-5-3-2-4-6-12)14(17(25)18(23)26)16(24)13-7-9-20-10-8-13/h2-10,15,24H,1H3/b16-14-. The smallest absolute Gasteiger partial charge is 0.301 e. The number of ketones is 1. The third kappa shape index (κ3) is 2.89. The lowest BCUT2D eigenvalue weighted by Gasteiger charge is -2.22. The van der Waals surface area contributed by atoms with Gasteiger partial charge in [0.1, 0.15) is 10.8 Å². The van der Waals surface area contributed by atoms with E-state index in [2.05, 4.69) is 15.2 Å². The molecule has 1 aromatic carbocycles. The van der Waals surface area contributed by atoms with E-state index in [-0.39, 0.29) is 11.3 Å². The number of pyridine rings is 1. The van der Waals surface area contributed by atoms with Crippen molar-refractivity contribution in [2.75, 3.05) is 4.90 Å². The lowest BCUT2D eigenvalue weighted by molar-refractivity contribution is -0.132. The number of carbonyl (C=O) groups is 2. The molecule has 8 heteroatoms. The number of hydrogen-bond donors (Lipinski definition) is 1. The molecule has 7 nitrogen and oxygen atoms in total. The molecular formula is C19H14N4O3S. The second-order valence-electron chi connectivity index (χ2n) is 5.92. The van der Waals surface area contributed by atoms with Crippen LogP contribution in [-0.2, 0) is 9.59 Å². The van der Waals surface area contributed by atoms with Crippen LogP contribution in [0.5, 0.6) is 0 Å². The van der Waals surface area contributed by atoms with E-state index in [0.717, 1.165) is 0 Å². The minimum Gasteiger partial charge on any atom is -0.507 e. The van der Waals surface area contributed by atoms with Crippen LogP contribution in [0, 0.1) is 6.92 Å². The molecule has 0 aliphatic carbocycles. The maximum Gasteiger partial charge on any atom is 0.301 e. The zero-order valence-electron chi connectivity index (χ0n) is 14.2. The van der Waals surface area contributed by atoms with Gasteiger partial charge in [-0.1, -0.05) is 41.7 Å². The van der Waals surface area contributed by atoms with Gasteiger partial charge in [0.25, 0.3) is 5.78 Å². The number of Topliss-reactive ketones (excluding diaryl/α,β-unsaturated/α-hetero) is 1. The summed E-state index contributed by atoms with van der Waals surface area (Å²) in [7, 11) is 0. The van der Waals surface area contributed by atoms with E-state index >= 15 is 0 Å². The van der Waals surface area contributed by atoms with Crippen LogP contribution in [0.25, 0.3) is 5.76 Å². The van der Waals surface area contributed by atoms with Gasteiger partial charge in [0.05, 0.1) is 11.6 Å². The van der Waals surface area contributed by atoms with E-state index in [4.69, 9.17) is 0 Å². The number of benzene rings is 1. The summed E-state index contributed by atoms with van der Waals surface area (Å²) in [6.07, 6.45) is 3.02. The number of aliphatic hydroxyl groups is 1. The summed E-state index contributed by atoms with van der Waals surface area (Å²) in [5.74, 6) is -1.74. The quantitative estimate of drug-likeness (QED) is 0.428. The van der Waals surface area contributed by atoms with Crippen LogP contribution < -0.4 is 4.90 Å². The van der Waals surface area contributed by atoms with Gasteiger partial charge in [-0.15, -0.1) is 10.2 Å². The molecule has 4 rings (SSSR count). The van der Waals surface area contributed by atoms with E-state index < -0.39 is 17.7 Å². The van der Waals surface area contributed by atoms with Gasteiger partial charge in [-0.25, -0.2) is 0 Å². The minimum atomic E-state index is -0.785. The van der Waals surface area contributed by atoms with Crippen LogP contribution in [0.2, 0.25) is 0 Å². The van der Waals surface area contributed by atoms with E-state index in [0.29, 0.717) is 21.3 Å². The van der Waals surface area contributed by atoms with Gasteiger partial charge in [-0.3, -0.25) is 19.5 Å². The number of carbonyl (C=O) groups excluding carboxylic acids is 2. The second kappa shape index (κ2) is 6.73. The summed E-state index contributed by atoms with van der Waals surface area (Å²) in [6.45, 7) is 1.77. The fourth-order valence-corrected chi connectivity index (χ4v) is 3.74. The predicted octanol–water partition coefficient (Wildman–Crippen LogP) is 2.87. The average Bonchev–Trinajstić information content (AvgIpc) is 3.24. The topological polar surface area (TPSA) is 96.3 Å². The molecule has 0 radical (unpaired) electrons. The molecule has 134 valence electrons. The molecule has 0 bridgehead atoms. The van der Waals surface area contributed by atoms with E-state index in [1.807, 2.05) is 18.2 Å². The Bertz CT molecular complexity index is 1050. The fourth-order valence-electron chi connectivity index (χ4n) is 3.03. The van der Waals surface area contributed by atoms with Crippen molar-refractivity contribution < 1.29 is 14.7 Å². The van der Waals surface area contributed by atoms with Crippen molar-refractivity contribution in [2.45, 2.75) is 13.0 Å². The number of amides is 1. The molecule has 3 heterocycles. The third-order valence-corrected chi connectivity index (χ3v) is 5.07. The SMILES string of the molecule is Cc1nnc(N2C(=O)C(=O)/C(=C(\O)c3ccncc3)C2c2ccccc2)s1. The first-order valence-corrected chi connectivity index (χ1v) is 8.96. The maximum atomic E-state index is 12.8. The largest absolute Gasteiger partial charge is 0.507 e. The normalized spacial score (nSPS) is 18.9. The number of nitrogens with zero attached hydrogens (tertiary/aromatic N) is 4. The number of hydrogen-bond acceptors (Lipinski definition) is 7. The van der Waals surface area contributed by atoms with Gasteiger partial charge >= 0.3 is 5.91 Å². The molecule has 0 saturated carbocycles. The molecule has 3 aromatic rings. The van der Waals surface area contributed by atoms with E-state index in [1.165, 1.54) is 28.6 Å². The first-order chi connectivity index (χ1) is 13.1. The van der Waals surface area contributed by atoms with Crippen LogP contribution in [-0.4, -0.2) is 32.0 Å². The highest BCUT2D eigenvalue weighted by Gasteiger charge is 2.48.